The highest BCUT2D eigenvalue weighted by Crippen LogP contribution is 2.48. The summed E-state index contributed by atoms with van der Waals surface area (Å²) in [6.07, 6.45) is 6.17. The summed E-state index contributed by atoms with van der Waals surface area (Å²) in [5.41, 5.74) is 7.05. The molecule has 3 saturated carbocycles. The number of fused-ring (bicyclic) bond motifs is 2. The third kappa shape index (κ3) is 2.05. The molecule has 3 aliphatic carbocycles. The molecule has 0 heterocycles. The van der Waals surface area contributed by atoms with E-state index in [-0.39, 0.29) is 17.7 Å². The third-order valence-electron chi connectivity index (χ3n) is 5.23. The van der Waals surface area contributed by atoms with Gasteiger partial charge in [0.2, 0.25) is 0 Å². The standard InChI is InChI=1S/C17H21NO2/c18-16-11-5-4-10(8-11)15(16)17(19)12-2-1-3-14(9-12)20-13-6-7-13/h1-3,9-11,13,15-16H,4-8,18H2. The van der Waals surface area contributed by atoms with E-state index in [2.05, 4.69) is 0 Å². The Balaban J connectivity index is 1.55. The van der Waals surface area contributed by atoms with Crippen molar-refractivity contribution in [1.82, 2.24) is 0 Å². The normalized spacial score (nSPS) is 35.2. The minimum atomic E-state index is 0.0323. The highest BCUT2D eigenvalue weighted by molar-refractivity contribution is 5.99. The smallest absolute Gasteiger partial charge is 0.167 e. The van der Waals surface area contributed by atoms with Crippen molar-refractivity contribution in [2.75, 3.05) is 0 Å². The molecule has 1 aromatic carbocycles. The molecule has 0 spiro atoms. The fraction of sp³-hybridized carbons (Fsp3) is 0.588. The second-order valence-electron chi connectivity index (χ2n) is 6.65. The lowest BCUT2D eigenvalue weighted by Gasteiger charge is -2.27. The summed E-state index contributed by atoms with van der Waals surface area (Å²) < 4.78 is 5.78. The van der Waals surface area contributed by atoms with Gasteiger partial charge >= 0.3 is 0 Å². The van der Waals surface area contributed by atoms with Crippen molar-refractivity contribution < 1.29 is 9.53 Å². The molecule has 106 valence electrons. The Morgan fingerprint density at radius 2 is 1.95 bits per heavy atom. The summed E-state index contributed by atoms with van der Waals surface area (Å²) in [4.78, 5) is 12.8. The van der Waals surface area contributed by atoms with Gasteiger partial charge < -0.3 is 10.5 Å². The minimum absolute atomic E-state index is 0.0323. The predicted octanol–water partition coefficient (Wildman–Crippen LogP) is 2.78. The first-order valence-corrected chi connectivity index (χ1v) is 7.79. The molecular formula is C17H21NO2. The van der Waals surface area contributed by atoms with E-state index in [9.17, 15) is 4.79 Å². The maximum absolute atomic E-state index is 12.8. The van der Waals surface area contributed by atoms with Crippen molar-refractivity contribution in [2.24, 2.45) is 23.5 Å². The lowest BCUT2D eigenvalue weighted by atomic mass is 9.80. The van der Waals surface area contributed by atoms with Crippen LogP contribution in [0.3, 0.4) is 0 Å². The topological polar surface area (TPSA) is 52.3 Å². The van der Waals surface area contributed by atoms with Gasteiger partial charge in [0.15, 0.2) is 5.78 Å². The van der Waals surface area contributed by atoms with Gasteiger partial charge in [0.05, 0.1) is 6.10 Å². The molecular weight excluding hydrogens is 250 g/mol. The zero-order valence-electron chi connectivity index (χ0n) is 11.6. The second-order valence-corrected chi connectivity index (χ2v) is 6.65. The Morgan fingerprint density at radius 3 is 2.65 bits per heavy atom. The third-order valence-corrected chi connectivity index (χ3v) is 5.23. The SMILES string of the molecule is NC1C2CCC(C2)C1C(=O)c1cccc(OC2CC2)c1. The number of carbonyl (C=O) groups excluding carboxylic acids is 1. The number of carbonyl (C=O) groups is 1. The van der Waals surface area contributed by atoms with Crippen LogP contribution in [0.4, 0.5) is 0 Å². The fourth-order valence-electron chi connectivity index (χ4n) is 4.02. The molecule has 3 aliphatic rings. The number of ketones is 1. The first-order valence-electron chi connectivity index (χ1n) is 7.79. The summed E-state index contributed by atoms with van der Waals surface area (Å²) >= 11 is 0. The lowest BCUT2D eigenvalue weighted by Crippen LogP contribution is -2.40. The number of Topliss-reactive ketones (excluding diaryl/α,β-unsaturated/α-hetero) is 1. The van der Waals surface area contributed by atoms with E-state index in [1.807, 2.05) is 24.3 Å². The molecule has 0 aromatic heterocycles. The highest BCUT2D eigenvalue weighted by atomic mass is 16.5. The van der Waals surface area contributed by atoms with E-state index >= 15 is 0 Å². The molecule has 0 amide bonds. The van der Waals surface area contributed by atoms with Crippen molar-refractivity contribution in [1.29, 1.82) is 0 Å². The van der Waals surface area contributed by atoms with Crippen LogP contribution in [0.25, 0.3) is 0 Å². The van der Waals surface area contributed by atoms with Crippen molar-refractivity contribution >= 4 is 5.78 Å². The molecule has 20 heavy (non-hydrogen) atoms. The molecule has 4 rings (SSSR count). The number of nitrogens with two attached hydrogens (primary N) is 1. The minimum Gasteiger partial charge on any atom is -0.490 e. The van der Waals surface area contributed by atoms with E-state index in [1.165, 1.54) is 12.8 Å². The van der Waals surface area contributed by atoms with Gasteiger partial charge in [0, 0.05) is 17.5 Å². The van der Waals surface area contributed by atoms with Crippen molar-refractivity contribution in [3.63, 3.8) is 0 Å². The number of ether oxygens (including phenoxy) is 1. The average molecular weight is 271 g/mol. The maximum atomic E-state index is 12.8. The lowest BCUT2D eigenvalue weighted by molar-refractivity contribution is 0.0855. The van der Waals surface area contributed by atoms with Crippen LogP contribution in [0, 0.1) is 17.8 Å². The molecule has 0 aliphatic heterocycles. The predicted molar refractivity (Wildman–Crippen MR) is 76.7 cm³/mol. The van der Waals surface area contributed by atoms with Gasteiger partial charge in [-0.15, -0.1) is 0 Å². The zero-order valence-corrected chi connectivity index (χ0v) is 11.6. The first kappa shape index (κ1) is 12.4. The van der Waals surface area contributed by atoms with E-state index in [0.717, 1.165) is 30.6 Å². The molecule has 0 saturated heterocycles. The molecule has 0 radical (unpaired) electrons. The summed E-state index contributed by atoms with van der Waals surface area (Å²) in [5, 5.41) is 0. The van der Waals surface area contributed by atoms with Crippen LogP contribution < -0.4 is 10.5 Å². The van der Waals surface area contributed by atoms with Crippen LogP contribution in [0.1, 0.15) is 42.5 Å². The number of benzene rings is 1. The van der Waals surface area contributed by atoms with E-state index < -0.39 is 0 Å². The Labute approximate surface area is 119 Å². The Hall–Kier alpha value is -1.35. The quantitative estimate of drug-likeness (QED) is 0.857. The van der Waals surface area contributed by atoms with Crippen molar-refractivity contribution in [3.05, 3.63) is 29.8 Å². The molecule has 2 N–H and O–H groups in total. The van der Waals surface area contributed by atoms with Gasteiger partial charge in [-0.25, -0.2) is 0 Å². The van der Waals surface area contributed by atoms with Crippen LogP contribution in [0.2, 0.25) is 0 Å². The van der Waals surface area contributed by atoms with E-state index in [4.69, 9.17) is 10.5 Å². The summed E-state index contributed by atoms with van der Waals surface area (Å²) in [7, 11) is 0. The highest BCUT2D eigenvalue weighted by Gasteiger charge is 2.49. The summed E-state index contributed by atoms with van der Waals surface area (Å²) in [6, 6.07) is 7.73. The Morgan fingerprint density at radius 1 is 1.15 bits per heavy atom. The van der Waals surface area contributed by atoms with Gasteiger partial charge in [0.25, 0.3) is 0 Å². The second kappa shape index (κ2) is 4.59. The van der Waals surface area contributed by atoms with Gasteiger partial charge in [-0.1, -0.05) is 12.1 Å². The van der Waals surface area contributed by atoms with Gasteiger partial charge in [-0.05, 0) is 56.1 Å². The molecule has 4 atom stereocenters. The maximum Gasteiger partial charge on any atom is 0.167 e. The zero-order chi connectivity index (χ0) is 13.7. The van der Waals surface area contributed by atoms with Crippen LogP contribution in [0.5, 0.6) is 5.75 Å². The Kier molecular flexibility index (Phi) is 2.84. The molecule has 4 unspecified atom stereocenters. The van der Waals surface area contributed by atoms with Crippen molar-refractivity contribution in [3.8, 4) is 5.75 Å². The number of hydrogen-bond donors (Lipinski definition) is 1. The van der Waals surface area contributed by atoms with Gasteiger partial charge in [-0.3, -0.25) is 4.79 Å². The Bertz CT molecular complexity index is 536. The van der Waals surface area contributed by atoms with Crippen molar-refractivity contribution in [2.45, 2.75) is 44.2 Å². The molecule has 3 fully saturated rings. The molecule has 2 bridgehead atoms. The van der Waals surface area contributed by atoms with E-state index in [1.54, 1.807) is 0 Å². The number of rotatable bonds is 4. The first-order chi connectivity index (χ1) is 9.72. The average Bonchev–Trinajstić information content (AvgIpc) is 3.04. The van der Waals surface area contributed by atoms with Crippen LogP contribution in [-0.2, 0) is 0 Å². The fourth-order valence-corrected chi connectivity index (χ4v) is 4.02. The van der Waals surface area contributed by atoms with Crippen LogP contribution in [-0.4, -0.2) is 17.9 Å². The monoisotopic (exact) mass is 271 g/mol. The largest absolute Gasteiger partial charge is 0.490 e. The van der Waals surface area contributed by atoms with Gasteiger partial charge in [0.1, 0.15) is 5.75 Å². The number of hydrogen-bond acceptors (Lipinski definition) is 3. The summed E-state index contributed by atoms with van der Waals surface area (Å²) in [6.45, 7) is 0. The van der Waals surface area contributed by atoms with Crippen LogP contribution in [0.15, 0.2) is 24.3 Å². The van der Waals surface area contributed by atoms with Gasteiger partial charge in [-0.2, -0.15) is 0 Å². The molecule has 3 nitrogen and oxygen atoms in total. The van der Waals surface area contributed by atoms with E-state index in [0.29, 0.717) is 17.9 Å². The summed E-state index contributed by atoms with van der Waals surface area (Å²) in [5.74, 6) is 2.17. The molecule has 3 heteroatoms. The van der Waals surface area contributed by atoms with Crippen LogP contribution >= 0.6 is 0 Å². The molecule has 1 aromatic rings.